The molecule has 190 valence electrons. The highest BCUT2D eigenvalue weighted by Gasteiger charge is 2.21. The molecular weight excluding hydrogens is 464 g/mol. The van der Waals surface area contributed by atoms with Gasteiger partial charge in [0.05, 0.1) is 12.8 Å². The second-order valence-corrected chi connectivity index (χ2v) is 9.47. The van der Waals surface area contributed by atoms with Gasteiger partial charge >= 0.3 is 0 Å². The van der Waals surface area contributed by atoms with E-state index in [4.69, 9.17) is 9.72 Å². The lowest BCUT2D eigenvalue weighted by atomic mass is 10.2. The van der Waals surface area contributed by atoms with Crippen LogP contribution in [0.5, 0.6) is 5.75 Å². The number of aromatic nitrogens is 4. The largest absolute Gasteiger partial charge is 0.492 e. The van der Waals surface area contributed by atoms with E-state index >= 15 is 0 Å². The maximum Gasteiger partial charge on any atom is 0.250 e. The summed E-state index contributed by atoms with van der Waals surface area (Å²) in [5, 5.41) is 5.67. The number of ether oxygens (including phenoxy) is 1. The lowest BCUT2D eigenvalue weighted by molar-refractivity contribution is 0.300. The third kappa shape index (κ3) is 5.35. The Morgan fingerprint density at radius 1 is 0.811 bits per heavy atom. The Morgan fingerprint density at radius 2 is 1.46 bits per heavy atom. The van der Waals surface area contributed by atoms with Crippen LogP contribution in [0.4, 0.5) is 17.8 Å². The first-order valence-electron chi connectivity index (χ1n) is 13.1. The lowest BCUT2D eigenvalue weighted by Crippen LogP contribution is -2.25. The number of hydrogen-bond acceptors (Lipinski definition) is 8. The van der Waals surface area contributed by atoms with Gasteiger partial charge < -0.3 is 19.1 Å². The van der Waals surface area contributed by atoms with Crippen LogP contribution in [0.15, 0.2) is 65.9 Å². The van der Waals surface area contributed by atoms with Gasteiger partial charge in [-0.15, -0.1) is 0 Å². The quantitative estimate of drug-likeness (QED) is 0.269. The van der Waals surface area contributed by atoms with Crippen molar-refractivity contribution in [1.82, 2.24) is 19.5 Å². The fraction of sp³-hybridized carbons (Fsp3) is 0.357. The monoisotopic (exact) mass is 496 g/mol. The van der Waals surface area contributed by atoms with E-state index in [0.29, 0.717) is 12.6 Å². The summed E-state index contributed by atoms with van der Waals surface area (Å²) >= 11 is 0. The van der Waals surface area contributed by atoms with Gasteiger partial charge in [-0.1, -0.05) is 36.4 Å². The zero-order chi connectivity index (χ0) is 24.9. The number of anilines is 3. The minimum absolute atomic E-state index is 0.482. The summed E-state index contributed by atoms with van der Waals surface area (Å²) in [5.41, 5.74) is 5.25. The number of benzene rings is 2. The number of nitrogens with zero attached hydrogens (tertiary/aromatic N) is 7. The van der Waals surface area contributed by atoms with Crippen LogP contribution in [0.3, 0.4) is 0 Å². The van der Waals surface area contributed by atoms with Crippen LogP contribution in [-0.2, 0) is 6.54 Å². The summed E-state index contributed by atoms with van der Waals surface area (Å²) in [7, 11) is 0. The van der Waals surface area contributed by atoms with Gasteiger partial charge in [0.25, 0.3) is 0 Å². The van der Waals surface area contributed by atoms with Crippen LogP contribution in [0.2, 0.25) is 0 Å². The first-order chi connectivity index (χ1) is 18.3. The molecule has 0 unspecified atom stereocenters. The molecule has 37 heavy (non-hydrogen) atoms. The van der Waals surface area contributed by atoms with Crippen LogP contribution in [0, 0.1) is 0 Å². The Balaban J connectivity index is 1.19. The van der Waals surface area contributed by atoms with E-state index in [9.17, 15) is 0 Å². The zero-order valence-electron chi connectivity index (χ0n) is 21.0. The van der Waals surface area contributed by atoms with Gasteiger partial charge in [-0.25, -0.2) is 5.43 Å². The van der Waals surface area contributed by atoms with Gasteiger partial charge in [0.1, 0.15) is 12.4 Å². The van der Waals surface area contributed by atoms with Crippen LogP contribution in [0.25, 0.3) is 10.9 Å². The average Bonchev–Trinajstić information content (AvgIpc) is 3.72. The Morgan fingerprint density at radius 3 is 2.16 bits per heavy atom. The van der Waals surface area contributed by atoms with E-state index in [2.05, 4.69) is 65.3 Å². The highest BCUT2D eigenvalue weighted by molar-refractivity contribution is 5.99. The third-order valence-corrected chi connectivity index (χ3v) is 6.92. The molecule has 0 spiro atoms. The molecule has 2 aliphatic rings. The van der Waals surface area contributed by atoms with Gasteiger partial charge in [-0.3, -0.25) is 0 Å². The number of fused-ring (bicyclic) bond motifs is 1. The van der Waals surface area contributed by atoms with E-state index < -0.39 is 0 Å². The summed E-state index contributed by atoms with van der Waals surface area (Å²) in [5.74, 6) is 2.84. The summed E-state index contributed by atoms with van der Waals surface area (Å²) in [6.07, 6.45) is 8.64. The fourth-order valence-electron chi connectivity index (χ4n) is 5.02. The van der Waals surface area contributed by atoms with Crippen molar-refractivity contribution >= 4 is 35.0 Å². The standard InChI is InChI=1S/C28H32N8O/c1-2-10-23(11-3-1)37-19-18-36-21-22(24-12-4-5-13-25(24)36)20-29-33-26-30-27(34-14-6-7-15-34)32-28(31-26)35-16-8-9-17-35/h1-5,10-13,20-21H,6-9,14-19H2,(H,30,31,32,33)/b29-20-. The zero-order valence-corrected chi connectivity index (χ0v) is 21.0. The normalized spacial score (nSPS) is 15.8. The Bertz CT molecular complexity index is 1320. The number of para-hydroxylation sites is 2. The van der Waals surface area contributed by atoms with Gasteiger partial charge in [-0.05, 0) is 43.9 Å². The second-order valence-electron chi connectivity index (χ2n) is 9.47. The smallest absolute Gasteiger partial charge is 0.250 e. The maximum atomic E-state index is 5.92. The molecule has 4 heterocycles. The molecule has 2 aliphatic heterocycles. The van der Waals surface area contributed by atoms with E-state index in [1.54, 1.807) is 0 Å². The van der Waals surface area contributed by atoms with Crippen molar-refractivity contribution in [2.24, 2.45) is 5.10 Å². The molecule has 0 aliphatic carbocycles. The SMILES string of the molecule is C(=N/Nc1nc(N2CCCC2)nc(N2CCCC2)n1)/c1cn(CCOc2ccccc2)c2ccccc12. The molecule has 1 N–H and O–H groups in total. The molecule has 2 aromatic heterocycles. The predicted octanol–water partition coefficient (Wildman–Crippen LogP) is 4.55. The van der Waals surface area contributed by atoms with Crippen molar-refractivity contribution in [2.75, 3.05) is 48.0 Å². The Kier molecular flexibility index (Phi) is 6.83. The van der Waals surface area contributed by atoms with Crippen molar-refractivity contribution in [3.05, 3.63) is 66.4 Å². The molecule has 0 saturated carbocycles. The van der Waals surface area contributed by atoms with Gasteiger partial charge in [0.15, 0.2) is 0 Å². The van der Waals surface area contributed by atoms with Crippen molar-refractivity contribution < 1.29 is 4.74 Å². The minimum atomic E-state index is 0.482. The summed E-state index contributed by atoms with van der Waals surface area (Å²) in [6, 6.07) is 18.3. The molecule has 9 heteroatoms. The molecule has 9 nitrogen and oxygen atoms in total. The van der Waals surface area contributed by atoms with Crippen molar-refractivity contribution in [3.63, 3.8) is 0 Å². The van der Waals surface area contributed by atoms with Crippen LogP contribution < -0.4 is 20.0 Å². The molecule has 0 amide bonds. The highest BCUT2D eigenvalue weighted by Crippen LogP contribution is 2.23. The second kappa shape index (κ2) is 10.9. The van der Waals surface area contributed by atoms with E-state index in [1.807, 2.05) is 36.5 Å². The molecule has 0 bridgehead atoms. The van der Waals surface area contributed by atoms with E-state index in [1.165, 1.54) is 25.7 Å². The molecule has 6 rings (SSSR count). The first kappa shape index (κ1) is 23.3. The van der Waals surface area contributed by atoms with Crippen molar-refractivity contribution in [3.8, 4) is 5.75 Å². The first-order valence-corrected chi connectivity index (χ1v) is 13.1. The number of rotatable bonds is 9. The summed E-state index contributed by atoms with van der Waals surface area (Å²) in [6.45, 7) is 5.27. The number of nitrogens with one attached hydrogen (secondary N) is 1. The average molecular weight is 497 g/mol. The lowest BCUT2D eigenvalue weighted by Gasteiger charge is -2.20. The van der Waals surface area contributed by atoms with E-state index in [-0.39, 0.29) is 0 Å². The van der Waals surface area contributed by atoms with Gasteiger partial charge in [0, 0.05) is 48.8 Å². The maximum absolute atomic E-state index is 5.92. The Labute approximate surface area is 216 Å². The van der Waals surface area contributed by atoms with Crippen LogP contribution >= 0.6 is 0 Å². The van der Waals surface area contributed by atoms with Crippen LogP contribution in [0.1, 0.15) is 31.2 Å². The highest BCUT2D eigenvalue weighted by atomic mass is 16.5. The Hall–Kier alpha value is -4.14. The summed E-state index contributed by atoms with van der Waals surface area (Å²) < 4.78 is 8.12. The van der Waals surface area contributed by atoms with Crippen molar-refractivity contribution in [1.29, 1.82) is 0 Å². The molecule has 4 aromatic rings. The molecule has 2 aromatic carbocycles. The van der Waals surface area contributed by atoms with Gasteiger partial charge in [0.2, 0.25) is 17.8 Å². The third-order valence-electron chi connectivity index (χ3n) is 6.92. The predicted molar refractivity (Wildman–Crippen MR) is 148 cm³/mol. The topological polar surface area (TPSA) is 83.7 Å². The molecule has 2 saturated heterocycles. The van der Waals surface area contributed by atoms with Gasteiger partial charge in [-0.2, -0.15) is 20.1 Å². The molecular formula is C28H32N8O. The number of hydrazone groups is 1. The molecule has 0 atom stereocenters. The van der Waals surface area contributed by atoms with Crippen molar-refractivity contribution in [2.45, 2.75) is 32.2 Å². The minimum Gasteiger partial charge on any atom is -0.492 e. The van der Waals surface area contributed by atoms with E-state index in [0.717, 1.165) is 66.8 Å². The van der Waals surface area contributed by atoms with Crippen LogP contribution in [-0.4, -0.2) is 58.5 Å². The fourth-order valence-corrected chi connectivity index (χ4v) is 5.02. The summed E-state index contributed by atoms with van der Waals surface area (Å²) in [4.78, 5) is 18.6. The number of hydrogen-bond donors (Lipinski definition) is 1. The molecule has 2 fully saturated rings. The molecule has 0 radical (unpaired) electrons.